The summed E-state index contributed by atoms with van der Waals surface area (Å²) in [4.78, 5) is 16.6. The van der Waals surface area contributed by atoms with Crippen LogP contribution in [0.25, 0.3) is 33.2 Å². The first kappa shape index (κ1) is 21.2. The molecule has 2 aromatic heterocycles. The Morgan fingerprint density at radius 2 is 1.36 bits per heavy atom. The molecule has 36 heavy (non-hydrogen) atoms. The van der Waals surface area contributed by atoms with E-state index < -0.39 is 7.37 Å². The molecular weight excluding hydrogens is 467 g/mol. The zero-order valence-electron chi connectivity index (χ0n) is 19.4. The molecule has 3 heterocycles. The maximum atomic E-state index is 14.7. The molecule has 6 nitrogen and oxygen atoms in total. The van der Waals surface area contributed by atoms with E-state index in [0.717, 1.165) is 50.1 Å². The monoisotopic (exact) mass is 490 g/mol. The van der Waals surface area contributed by atoms with Crippen LogP contribution < -0.4 is 9.83 Å². The van der Waals surface area contributed by atoms with Gasteiger partial charge in [-0.15, -0.1) is 0 Å². The number of nitrogens with zero attached hydrogens (tertiary/aromatic N) is 2. The molecule has 6 aromatic rings. The van der Waals surface area contributed by atoms with E-state index in [1.165, 1.54) is 0 Å². The number of hydrogen-bond donors (Lipinski definition) is 2. The second-order valence-electron chi connectivity index (χ2n) is 9.20. The molecule has 176 valence electrons. The van der Waals surface area contributed by atoms with Crippen molar-refractivity contribution in [3.05, 3.63) is 109 Å². The number of hydrogen-bond acceptors (Lipinski definition) is 4. The van der Waals surface area contributed by atoms with E-state index >= 15 is 0 Å². The Kier molecular flexibility index (Phi) is 4.83. The standard InChI is InChI=1S/C29H23N4O2P/c34-36(27-16-8-2-10-21(27)20-9-1-7-15-26(20)35-36)18-19(29-32-24-13-5-6-14-25(24)33-29)17-28-30-22-11-3-4-12-23(22)31-28/h1-16,19H,17-18H2,(H,30,31)(H,32,33). The maximum absolute atomic E-state index is 14.7. The molecule has 0 radical (unpaired) electrons. The molecule has 1 aliphatic rings. The van der Waals surface area contributed by atoms with Gasteiger partial charge in [0.1, 0.15) is 17.4 Å². The minimum absolute atomic E-state index is 0.206. The molecule has 0 aliphatic carbocycles. The highest BCUT2D eigenvalue weighted by Crippen LogP contribution is 2.56. The fourth-order valence-corrected chi connectivity index (χ4v) is 7.75. The molecule has 7 heteroatoms. The molecule has 4 aromatic carbocycles. The second kappa shape index (κ2) is 8.21. The Morgan fingerprint density at radius 3 is 2.14 bits per heavy atom. The average Bonchev–Trinajstić information content (AvgIpc) is 3.52. The van der Waals surface area contributed by atoms with Crippen molar-refractivity contribution in [3.8, 4) is 16.9 Å². The molecule has 0 saturated carbocycles. The molecule has 2 N–H and O–H groups in total. The van der Waals surface area contributed by atoms with Crippen LogP contribution >= 0.6 is 7.37 Å². The SMILES string of the molecule is O=P1(CC(Cc2nc3ccccc3[nH]2)c2nc3ccccc3[nH]2)Oc2ccccc2-c2ccccc21. The van der Waals surface area contributed by atoms with Crippen LogP contribution in [-0.4, -0.2) is 26.1 Å². The normalized spacial score (nSPS) is 17.4. The molecule has 0 bridgehead atoms. The summed E-state index contributed by atoms with van der Waals surface area (Å²) in [7, 11) is -3.27. The predicted molar refractivity (Wildman–Crippen MR) is 143 cm³/mol. The Hall–Kier alpha value is -4.15. The van der Waals surface area contributed by atoms with Gasteiger partial charge in [0.2, 0.25) is 0 Å². The van der Waals surface area contributed by atoms with Crippen molar-refractivity contribution in [3.63, 3.8) is 0 Å². The van der Waals surface area contributed by atoms with Gasteiger partial charge in [-0.05, 0) is 42.0 Å². The number of aromatic nitrogens is 4. The van der Waals surface area contributed by atoms with E-state index in [0.29, 0.717) is 18.3 Å². The lowest BCUT2D eigenvalue weighted by Crippen LogP contribution is -2.23. The van der Waals surface area contributed by atoms with E-state index in [2.05, 4.69) is 9.97 Å². The summed E-state index contributed by atoms with van der Waals surface area (Å²) in [6.45, 7) is 0. The van der Waals surface area contributed by atoms with Crippen molar-refractivity contribution in [1.29, 1.82) is 0 Å². The highest BCUT2D eigenvalue weighted by Gasteiger charge is 2.39. The summed E-state index contributed by atoms with van der Waals surface area (Å²) in [6.07, 6.45) is 0.848. The van der Waals surface area contributed by atoms with Gasteiger partial charge in [-0.25, -0.2) is 9.97 Å². The fourth-order valence-electron chi connectivity index (χ4n) is 5.15. The van der Waals surface area contributed by atoms with Gasteiger partial charge < -0.3 is 14.5 Å². The molecular formula is C29H23N4O2P. The summed E-state index contributed by atoms with van der Waals surface area (Å²) < 4.78 is 21.0. The van der Waals surface area contributed by atoms with E-state index in [1.54, 1.807) is 0 Å². The minimum Gasteiger partial charge on any atom is -0.439 e. The van der Waals surface area contributed by atoms with Crippen LogP contribution in [0.1, 0.15) is 17.6 Å². The molecule has 2 unspecified atom stereocenters. The van der Waals surface area contributed by atoms with Crippen LogP contribution in [0.3, 0.4) is 0 Å². The molecule has 0 fully saturated rings. The zero-order valence-corrected chi connectivity index (χ0v) is 20.3. The first-order valence-corrected chi connectivity index (χ1v) is 13.8. The van der Waals surface area contributed by atoms with Gasteiger partial charge in [0.05, 0.1) is 27.4 Å². The maximum Gasteiger partial charge on any atom is 0.278 e. The molecule has 0 amide bonds. The zero-order chi connectivity index (χ0) is 24.1. The number of benzene rings is 4. The van der Waals surface area contributed by atoms with Gasteiger partial charge in [0, 0.05) is 24.1 Å². The van der Waals surface area contributed by atoms with Crippen molar-refractivity contribution >= 4 is 34.7 Å². The number of H-pyrrole nitrogens is 2. The molecule has 0 saturated heterocycles. The van der Waals surface area contributed by atoms with Crippen molar-refractivity contribution in [2.45, 2.75) is 12.3 Å². The third kappa shape index (κ3) is 3.53. The van der Waals surface area contributed by atoms with E-state index in [4.69, 9.17) is 14.5 Å². The van der Waals surface area contributed by atoms with Crippen LogP contribution in [0.4, 0.5) is 0 Å². The highest BCUT2D eigenvalue weighted by atomic mass is 31.2. The van der Waals surface area contributed by atoms with Gasteiger partial charge >= 0.3 is 0 Å². The Balaban J connectivity index is 1.33. The lowest BCUT2D eigenvalue weighted by molar-refractivity contribution is 0.483. The first-order valence-electron chi connectivity index (χ1n) is 12.0. The van der Waals surface area contributed by atoms with Crippen molar-refractivity contribution < 1.29 is 9.09 Å². The van der Waals surface area contributed by atoms with Crippen molar-refractivity contribution in [2.24, 2.45) is 0 Å². The first-order chi connectivity index (χ1) is 17.7. The predicted octanol–water partition coefficient (Wildman–Crippen LogP) is 6.43. The summed E-state index contributed by atoms with van der Waals surface area (Å²) in [5.74, 6) is 2.07. The fraction of sp³-hybridized carbons (Fsp3) is 0.103. The molecule has 2 atom stereocenters. The molecule has 0 spiro atoms. The molecule has 7 rings (SSSR count). The smallest absolute Gasteiger partial charge is 0.278 e. The Bertz CT molecular complexity index is 1720. The third-order valence-corrected chi connectivity index (χ3v) is 9.36. The van der Waals surface area contributed by atoms with Crippen LogP contribution in [0.5, 0.6) is 5.75 Å². The number of para-hydroxylation sites is 5. The van der Waals surface area contributed by atoms with Crippen molar-refractivity contribution in [1.82, 2.24) is 19.9 Å². The van der Waals surface area contributed by atoms with Crippen LogP contribution in [0, 0.1) is 0 Å². The number of nitrogens with one attached hydrogen (secondary N) is 2. The van der Waals surface area contributed by atoms with E-state index in [-0.39, 0.29) is 5.92 Å². The Labute approximate surface area is 207 Å². The van der Waals surface area contributed by atoms with E-state index in [1.807, 2.05) is 97.1 Å². The van der Waals surface area contributed by atoms with Gasteiger partial charge in [0.25, 0.3) is 7.37 Å². The van der Waals surface area contributed by atoms with Gasteiger partial charge in [0.15, 0.2) is 0 Å². The number of fused-ring (bicyclic) bond motifs is 5. The average molecular weight is 491 g/mol. The van der Waals surface area contributed by atoms with Crippen LogP contribution in [0.2, 0.25) is 0 Å². The largest absolute Gasteiger partial charge is 0.439 e. The third-order valence-electron chi connectivity index (χ3n) is 6.83. The lowest BCUT2D eigenvalue weighted by Gasteiger charge is -2.30. The summed E-state index contributed by atoms with van der Waals surface area (Å²) in [6, 6.07) is 31.6. The number of aromatic amines is 2. The molecule has 1 aliphatic heterocycles. The highest BCUT2D eigenvalue weighted by molar-refractivity contribution is 7.67. The van der Waals surface area contributed by atoms with Crippen LogP contribution in [-0.2, 0) is 11.0 Å². The summed E-state index contributed by atoms with van der Waals surface area (Å²) >= 11 is 0. The Morgan fingerprint density at radius 1 is 0.722 bits per heavy atom. The quantitative estimate of drug-likeness (QED) is 0.273. The van der Waals surface area contributed by atoms with Crippen LogP contribution in [0.15, 0.2) is 97.1 Å². The minimum atomic E-state index is -3.27. The van der Waals surface area contributed by atoms with Gasteiger partial charge in [-0.3, -0.25) is 4.57 Å². The van der Waals surface area contributed by atoms with Gasteiger partial charge in [-0.1, -0.05) is 60.7 Å². The lowest BCUT2D eigenvalue weighted by atomic mass is 10.0. The second-order valence-corrected chi connectivity index (χ2v) is 11.6. The number of imidazole rings is 2. The summed E-state index contributed by atoms with van der Waals surface area (Å²) in [5.41, 5.74) is 5.67. The topological polar surface area (TPSA) is 83.7 Å². The summed E-state index contributed by atoms with van der Waals surface area (Å²) in [5, 5.41) is 0.759. The van der Waals surface area contributed by atoms with Crippen molar-refractivity contribution in [2.75, 3.05) is 6.16 Å². The van der Waals surface area contributed by atoms with E-state index in [9.17, 15) is 4.57 Å². The number of rotatable bonds is 5. The van der Waals surface area contributed by atoms with Gasteiger partial charge in [-0.2, -0.15) is 0 Å².